The molecule has 0 amide bonds. The molecule has 0 saturated carbocycles. The normalized spacial score (nSPS) is 20.9. The predicted molar refractivity (Wildman–Crippen MR) is 79.2 cm³/mol. The summed E-state index contributed by atoms with van der Waals surface area (Å²) in [5, 5.41) is 4.89. The van der Waals surface area contributed by atoms with Crippen LogP contribution < -0.4 is 0 Å². The Labute approximate surface area is 128 Å². The van der Waals surface area contributed by atoms with Crippen LogP contribution in [0.25, 0.3) is 11.3 Å². The van der Waals surface area contributed by atoms with Crippen LogP contribution in [-0.4, -0.2) is 18.2 Å². The number of fused-ring (bicyclic) bond motifs is 1. The van der Waals surface area contributed by atoms with E-state index in [4.69, 9.17) is 20.9 Å². The molecule has 0 unspecified atom stereocenters. The topological polar surface area (TPSA) is 52.3 Å². The van der Waals surface area contributed by atoms with E-state index < -0.39 is 0 Å². The van der Waals surface area contributed by atoms with Crippen molar-refractivity contribution >= 4 is 17.6 Å². The number of hydrogen-bond acceptors (Lipinski definition) is 4. The van der Waals surface area contributed by atoms with Gasteiger partial charge in [-0.25, -0.2) is 0 Å². The van der Waals surface area contributed by atoms with Crippen LogP contribution in [0.2, 0.25) is 5.02 Å². The number of methoxy groups -OCH3 is 1. The summed E-state index contributed by atoms with van der Waals surface area (Å²) in [5.41, 5.74) is 2.91. The molecule has 21 heavy (non-hydrogen) atoms. The number of benzene rings is 1. The summed E-state index contributed by atoms with van der Waals surface area (Å²) in [5.74, 6) is 0.433. The molecule has 5 heteroatoms. The molecule has 0 spiro atoms. The van der Waals surface area contributed by atoms with Gasteiger partial charge in [-0.3, -0.25) is 4.79 Å². The van der Waals surface area contributed by atoms with Crippen molar-refractivity contribution in [2.45, 2.75) is 25.7 Å². The number of hydrogen-bond donors (Lipinski definition) is 0. The minimum atomic E-state index is -0.183. The summed E-state index contributed by atoms with van der Waals surface area (Å²) >= 11 is 5.91. The van der Waals surface area contributed by atoms with Crippen LogP contribution >= 0.6 is 11.6 Å². The molecule has 4 nitrogen and oxygen atoms in total. The number of aromatic nitrogens is 1. The van der Waals surface area contributed by atoms with Crippen molar-refractivity contribution in [3.05, 3.63) is 40.6 Å². The molecule has 0 aliphatic heterocycles. The highest BCUT2D eigenvalue weighted by Crippen LogP contribution is 2.40. The minimum absolute atomic E-state index is 0.0187. The molecule has 1 aliphatic carbocycles. The van der Waals surface area contributed by atoms with Gasteiger partial charge in [0.1, 0.15) is 11.5 Å². The summed E-state index contributed by atoms with van der Waals surface area (Å²) < 4.78 is 10.4. The van der Waals surface area contributed by atoms with Gasteiger partial charge in [0, 0.05) is 22.1 Å². The SMILES string of the molecule is COC(=O)[C@H]1CCc2c(-c3ccc(Cl)cc3)noc2[C@@H]1C. The zero-order valence-electron chi connectivity index (χ0n) is 11.9. The third-order valence-corrected chi connectivity index (χ3v) is 4.41. The lowest BCUT2D eigenvalue weighted by molar-refractivity contribution is -0.146. The molecule has 2 aromatic rings. The van der Waals surface area contributed by atoms with E-state index in [0.717, 1.165) is 35.4 Å². The lowest BCUT2D eigenvalue weighted by Crippen LogP contribution is -2.26. The van der Waals surface area contributed by atoms with E-state index in [1.54, 1.807) is 0 Å². The van der Waals surface area contributed by atoms with Crippen LogP contribution in [0.3, 0.4) is 0 Å². The summed E-state index contributed by atoms with van der Waals surface area (Å²) in [6.07, 6.45) is 1.52. The van der Waals surface area contributed by atoms with Gasteiger partial charge in [-0.2, -0.15) is 0 Å². The predicted octanol–water partition coefficient (Wildman–Crippen LogP) is 3.83. The molecule has 110 valence electrons. The van der Waals surface area contributed by atoms with Crippen molar-refractivity contribution in [2.75, 3.05) is 7.11 Å². The Kier molecular flexibility index (Phi) is 3.72. The van der Waals surface area contributed by atoms with Crippen LogP contribution in [0.5, 0.6) is 0 Å². The zero-order chi connectivity index (χ0) is 15.0. The number of ether oxygens (including phenoxy) is 1. The Bertz CT molecular complexity index is 663. The Balaban J connectivity index is 1.96. The fourth-order valence-corrected chi connectivity index (χ4v) is 3.09. The zero-order valence-corrected chi connectivity index (χ0v) is 12.7. The molecule has 3 rings (SSSR count). The average Bonchev–Trinajstić information content (AvgIpc) is 2.92. The van der Waals surface area contributed by atoms with E-state index in [-0.39, 0.29) is 17.8 Å². The molecule has 1 aliphatic rings. The first-order valence-corrected chi connectivity index (χ1v) is 7.31. The minimum Gasteiger partial charge on any atom is -0.469 e. The van der Waals surface area contributed by atoms with Gasteiger partial charge in [0.25, 0.3) is 0 Å². The first-order valence-electron chi connectivity index (χ1n) is 6.94. The number of rotatable bonds is 2. The summed E-state index contributed by atoms with van der Waals surface area (Å²) in [6.45, 7) is 1.98. The van der Waals surface area contributed by atoms with E-state index in [1.165, 1.54) is 7.11 Å². The molecule has 1 aromatic heterocycles. The smallest absolute Gasteiger partial charge is 0.309 e. The Morgan fingerprint density at radius 3 is 2.76 bits per heavy atom. The van der Waals surface area contributed by atoms with Crippen LogP contribution in [0.1, 0.15) is 30.6 Å². The van der Waals surface area contributed by atoms with Crippen molar-refractivity contribution < 1.29 is 14.1 Å². The van der Waals surface area contributed by atoms with Crippen LogP contribution in [0.15, 0.2) is 28.8 Å². The van der Waals surface area contributed by atoms with Gasteiger partial charge >= 0.3 is 5.97 Å². The number of halogens is 1. The Morgan fingerprint density at radius 1 is 1.38 bits per heavy atom. The molecule has 1 heterocycles. The van der Waals surface area contributed by atoms with Gasteiger partial charge < -0.3 is 9.26 Å². The molecular formula is C16H16ClNO3. The average molecular weight is 306 g/mol. The number of carbonyl (C=O) groups excluding carboxylic acids is 1. The molecule has 0 radical (unpaired) electrons. The first kappa shape index (κ1) is 14.1. The van der Waals surface area contributed by atoms with Crippen LogP contribution in [0, 0.1) is 5.92 Å². The van der Waals surface area contributed by atoms with E-state index >= 15 is 0 Å². The first-order chi connectivity index (χ1) is 10.1. The Hall–Kier alpha value is -1.81. The highest BCUT2D eigenvalue weighted by atomic mass is 35.5. The highest BCUT2D eigenvalue weighted by Gasteiger charge is 2.37. The van der Waals surface area contributed by atoms with E-state index in [1.807, 2.05) is 31.2 Å². The van der Waals surface area contributed by atoms with Crippen LogP contribution in [0.4, 0.5) is 0 Å². The van der Waals surface area contributed by atoms with E-state index in [0.29, 0.717) is 5.02 Å². The Morgan fingerprint density at radius 2 is 2.10 bits per heavy atom. The third-order valence-electron chi connectivity index (χ3n) is 4.16. The number of nitrogens with zero attached hydrogens (tertiary/aromatic N) is 1. The number of carbonyl (C=O) groups is 1. The van der Waals surface area contributed by atoms with Crippen molar-refractivity contribution in [1.29, 1.82) is 0 Å². The summed E-state index contributed by atoms with van der Waals surface area (Å²) in [4.78, 5) is 11.8. The molecule has 0 saturated heterocycles. The van der Waals surface area contributed by atoms with Gasteiger partial charge in [-0.1, -0.05) is 35.8 Å². The second-order valence-electron chi connectivity index (χ2n) is 5.34. The lowest BCUT2D eigenvalue weighted by Gasteiger charge is -2.25. The standard InChI is InChI=1S/C16H16ClNO3/c1-9-12(16(19)20-2)7-8-13-14(18-21-15(9)13)10-3-5-11(17)6-4-10/h3-6,9,12H,7-8H2,1-2H3/t9-,12+/m1/s1. The van der Waals surface area contributed by atoms with Gasteiger partial charge in [-0.15, -0.1) is 0 Å². The van der Waals surface area contributed by atoms with Crippen LogP contribution in [-0.2, 0) is 16.0 Å². The second-order valence-corrected chi connectivity index (χ2v) is 5.77. The van der Waals surface area contributed by atoms with Gasteiger partial charge in [-0.05, 0) is 25.0 Å². The molecule has 0 bridgehead atoms. The highest BCUT2D eigenvalue weighted by molar-refractivity contribution is 6.30. The molecule has 2 atom stereocenters. The quantitative estimate of drug-likeness (QED) is 0.791. The molecule has 0 N–H and O–H groups in total. The maximum absolute atomic E-state index is 11.8. The largest absolute Gasteiger partial charge is 0.469 e. The fourth-order valence-electron chi connectivity index (χ4n) is 2.96. The second kappa shape index (κ2) is 5.53. The summed E-state index contributed by atoms with van der Waals surface area (Å²) in [7, 11) is 1.42. The van der Waals surface area contributed by atoms with E-state index in [9.17, 15) is 4.79 Å². The van der Waals surface area contributed by atoms with Gasteiger partial charge in [0.05, 0.1) is 13.0 Å². The molecular weight excluding hydrogens is 290 g/mol. The maximum atomic E-state index is 11.8. The summed E-state index contributed by atoms with van der Waals surface area (Å²) in [6, 6.07) is 7.53. The molecule has 0 fully saturated rings. The maximum Gasteiger partial charge on any atom is 0.309 e. The molecule has 1 aromatic carbocycles. The van der Waals surface area contributed by atoms with Crippen molar-refractivity contribution in [3.8, 4) is 11.3 Å². The lowest BCUT2D eigenvalue weighted by atomic mass is 9.79. The van der Waals surface area contributed by atoms with Gasteiger partial charge in [0.2, 0.25) is 0 Å². The van der Waals surface area contributed by atoms with Crippen molar-refractivity contribution in [2.24, 2.45) is 5.92 Å². The van der Waals surface area contributed by atoms with Gasteiger partial charge in [0.15, 0.2) is 0 Å². The van der Waals surface area contributed by atoms with Crippen molar-refractivity contribution in [1.82, 2.24) is 5.16 Å². The van der Waals surface area contributed by atoms with E-state index in [2.05, 4.69) is 5.16 Å². The number of esters is 1. The third kappa shape index (κ3) is 2.44. The monoisotopic (exact) mass is 305 g/mol. The fraction of sp³-hybridized carbons (Fsp3) is 0.375. The van der Waals surface area contributed by atoms with Crippen molar-refractivity contribution in [3.63, 3.8) is 0 Å².